The Kier molecular flexibility index (Phi) is 2.17. The first-order valence-corrected chi connectivity index (χ1v) is 5.01. The maximum atomic E-state index is 9.08. The number of hydrogen-bond donors (Lipinski definition) is 1. The van der Waals surface area contributed by atoms with Gasteiger partial charge < -0.3 is 5.32 Å². The minimum atomic E-state index is -0.286. The minimum absolute atomic E-state index is 0.286. The van der Waals surface area contributed by atoms with E-state index in [1.807, 2.05) is 18.2 Å². The second-order valence-electron chi connectivity index (χ2n) is 3.99. The van der Waals surface area contributed by atoms with E-state index in [0.29, 0.717) is 0 Å². The normalized spacial score (nSPS) is 18.0. The Bertz CT molecular complexity index is 372. The predicted octanol–water partition coefficient (Wildman–Crippen LogP) is 2.85. The van der Waals surface area contributed by atoms with Gasteiger partial charge in [-0.1, -0.05) is 18.2 Å². The third kappa shape index (κ3) is 1.46. The highest BCUT2D eigenvalue weighted by molar-refractivity contribution is 5.54. The van der Waals surface area contributed by atoms with Crippen LogP contribution < -0.4 is 5.32 Å². The summed E-state index contributed by atoms with van der Waals surface area (Å²) in [7, 11) is 0. The molecule has 2 nitrogen and oxygen atoms in total. The zero-order valence-corrected chi connectivity index (χ0v) is 8.38. The van der Waals surface area contributed by atoms with E-state index in [2.05, 4.69) is 24.4 Å². The van der Waals surface area contributed by atoms with Gasteiger partial charge in [0, 0.05) is 5.69 Å². The summed E-state index contributed by atoms with van der Waals surface area (Å²) in [6.45, 7) is 2.06. The van der Waals surface area contributed by atoms with Gasteiger partial charge in [-0.05, 0) is 37.8 Å². The van der Waals surface area contributed by atoms with Crippen LogP contribution in [0.1, 0.15) is 24.8 Å². The second kappa shape index (κ2) is 3.34. The molecular weight excluding hydrogens is 172 g/mol. The molecule has 1 aliphatic carbocycles. The molecule has 0 unspecified atom stereocenters. The highest BCUT2D eigenvalue weighted by atomic mass is 15.0. The average Bonchev–Trinajstić information content (AvgIpc) is 2.14. The topological polar surface area (TPSA) is 35.8 Å². The van der Waals surface area contributed by atoms with E-state index < -0.39 is 0 Å². The second-order valence-corrected chi connectivity index (χ2v) is 3.99. The van der Waals surface area contributed by atoms with E-state index in [1.54, 1.807) is 0 Å². The summed E-state index contributed by atoms with van der Waals surface area (Å²) in [4.78, 5) is 0. The fourth-order valence-electron chi connectivity index (χ4n) is 1.77. The Morgan fingerprint density at radius 2 is 2.07 bits per heavy atom. The van der Waals surface area contributed by atoms with E-state index in [9.17, 15) is 0 Å². The van der Waals surface area contributed by atoms with Gasteiger partial charge in [0.15, 0.2) is 0 Å². The molecule has 1 aromatic rings. The maximum Gasteiger partial charge on any atom is 0.125 e. The van der Waals surface area contributed by atoms with Crippen LogP contribution in [0.2, 0.25) is 0 Å². The largest absolute Gasteiger partial charge is 0.367 e. The lowest BCUT2D eigenvalue weighted by Crippen LogP contribution is -2.43. The van der Waals surface area contributed by atoms with Crippen molar-refractivity contribution in [2.45, 2.75) is 31.7 Å². The first-order chi connectivity index (χ1) is 6.76. The average molecular weight is 186 g/mol. The van der Waals surface area contributed by atoms with Crippen molar-refractivity contribution in [3.63, 3.8) is 0 Å². The third-order valence-electron chi connectivity index (χ3n) is 2.94. The smallest absolute Gasteiger partial charge is 0.125 e. The molecule has 0 saturated heterocycles. The molecule has 1 fully saturated rings. The number of nitrogens with one attached hydrogen (secondary N) is 1. The summed E-state index contributed by atoms with van der Waals surface area (Å²) >= 11 is 0. The van der Waals surface area contributed by atoms with Crippen molar-refractivity contribution >= 4 is 5.69 Å². The number of aryl methyl sites for hydroxylation is 1. The molecule has 0 amide bonds. The number of anilines is 1. The van der Waals surface area contributed by atoms with Gasteiger partial charge in [-0.3, -0.25) is 0 Å². The number of rotatable bonds is 2. The van der Waals surface area contributed by atoms with Crippen molar-refractivity contribution in [3.05, 3.63) is 29.8 Å². The van der Waals surface area contributed by atoms with E-state index in [1.165, 1.54) is 5.56 Å². The van der Waals surface area contributed by atoms with Gasteiger partial charge in [0.2, 0.25) is 0 Å². The number of nitrogens with zero attached hydrogens (tertiary/aromatic N) is 1. The summed E-state index contributed by atoms with van der Waals surface area (Å²) in [5.74, 6) is 0. The standard InChI is InChI=1S/C12H14N2/c1-10-5-2-3-6-11(10)14-12(9-13)7-4-8-12/h2-3,5-6,14H,4,7-8H2,1H3. The van der Waals surface area contributed by atoms with Crippen LogP contribution in [-0.4, -0.2) is 5.54 Å². The fraction of sp³-hybridized carbons (Fsp3) is 0.417. The molecule has 14 heavy (non-hydrogen) atoms. The molecule has 0 heterocycles. The number of para-hydroxylation sites is 1. The van der Waals surface area contributed by atoms with Crippen LogP contribution in [0.25, 0.3) is 0 Å². The quantitative estimate of drug-likeness (QED) is 0.770. The molecule has 72 valence electrons. The monoisotopic (exact) mass is 186 g/mol. The summed E-state index contributed by atoms with van der Waals surface area (Å²) in [5.41, 5.74) is 2.01. The predicted molar refractivity (Wildman–Crippen MR) is 57.0 cm³/mol. The lowest BCUT2D eigenvalue weighted by Gasteiger charge is -2.37. The first-order valence-electron chi connectivity index (χ1n) is 5.01. The molecule has 0 aromatic heterocycles. The summed E-state index contributed by atoms with van der Waals surface area (Å²) < 4.78 is 0. The molecule has 2 heteroatoms. The highest BCUT2D eigenvalue weighted by Gasteiger charge is 2.37. The summed E-state index contributed by atoms with van der Waals surface area (Å²) in [6, 6.07) is 10.5. The van der Waals surface area contributed by atoms with Crippen LogP contribution in [0.4, 0.5) is 5.69 Å². The van der Waals surface area contributed by atoms with Crippen molar-refractivity contribution in [1.82, 2.24) is 0 Å². The van der Waals surface area contributed by atoms with Crippen molar-refractivity contribution in [2.75, 3.05) is 5.32 Å². The fourth-order valence-corrected chi connectivity index (χ4v) is 1.77. The molecule has 1 aromatic carbocycles. The molecule has 1 saturated carbocycles. The summed E-state index contributed by atoms with van der Waals surface area (Å²) in [6.07, 6.45) is 3.10. The molecule has 2 rings (SSSR count). The molecule has 0 aliphatic heterocycles. The van der Waals surface area contributed by atoms with Gasteiger partial charge in [-0.25, -0.2) is 0 Å². The number of hydrogen-bond acceptors (Lipinski definition) is 2. The van der Waals surface area contributed by atoms with E-state index in [0.717, 1.165) is 24.9 Å². The first kappa shape index (κ1) is 9.08. The van der Waals surface area contributed by atoms with Crippen LogP contribution in [0.3, 0.4) is 0 Å². The molecule has 0 radical (unpaired) electrons. The van der Waals surface area contributed by atoms with E-state index in [4.69, 9.17) is 5.26 Å². The molecular formula is C12H14N2. The van der Waals surface area contributed by atoms with Crippen molar-refractivity contribution in [3.8, 4) is 6.07 Å². The molecule has 1 aliphatic rings. The summed E-state index contributed by atoms with van der Waals surface area (Å²) in [5, 5.41) is 12.4. The van der Waals surface area contributed by atoms with Crippen LogP contribution >= 0.6 is 0 Å². The Morgan fingerprint density at radius 3 is 2.57 bits per heavy atom. The van der Waals surface area contributed by atoms with Crippen molar-refractivity contribution in [2.24, 2.45) is 0 Å². The van der Waals surface area contributed by atoms with Gasteiger partial charge in [0.05, 0.1) is 6.07 Å². The Balaban J connectivity index is 2.19. The van der Waals surface area contributed by atoms with Crippen molar-refractivity contribution < 1.29 is 0 Å². The lowest BCUT2D eigenvalue weighted by molar-refractivity contribution is 0.356. The van der Waals surface area contributed by atoms with Gasteiger partial charge in [-0.2, -0.15) is 5.26 Å². The number of benzene rings is 1. The molecule has 0 bridgehead atoms. The highest BCUT2D eigenvalue weighted by Crippen LogP contribution is 2.35. The molecule has 0 atom stereocenters. The van der Waals surface area contributed by atoms with Gasteiger partial charge >= 0.3 is 0 Å². The van der Waals surface area contributed by atoms with E-state index >= 15 is 0 Å². The van der Waals surface area contributed by atoms with E-state index in [-0.39, 0.29) is 5.54 Å². The Labute approximate surface area is 84.6 Å². The van der Waals surface area contributed by atoms with Crippen LogP contribution in [0.5, 0.6) is 0 Å². The van der Waals surface area contributed by atoms with Crippen LogP contribution in [0.15, 0.2) is 24.3 Å². The van der Waals surface area contributed by atoms with Crippen LogP contribution in [0, 0.1) is 18.3 Å². The maximum absolute atomic E-state index is 9.08. The molecule has 0 spiro atoms. The lowest BCUT2D eigenvalue weighted by atomic mass is 9.78. The number of nitriles is 1. The van der Waals surface area contributed by atoms with Gasteiger partial charge in [0.1, 0.15) is 5.54 Å². The van der Waals surface area contributed by atoms with Crippen molar-refractivity contribution in [1.29, 1.82) is 5.26 Å². The Hall–Kier alpha value is -1.49. The SMILES string of the molecule is Cc1ccccc1NC1(C#N)CCC1. The van der Waals surface area contributed by atoms with Crippen LogP contribution in [-0.2, 0) is 0 Å². The van der Waals surface area contributed by atoms with Gasteiger partial charge in [0.25, 0.3) is 0 Å². The Morgan fingerprint density at radius 1 is 1.36 bits per heavy atom. The van der Waals surface area contributed by atoms with Gasteiger partial charge in [-0.15, -0.1) is 0 Å². The third-order valence-corrected chi connectivity index (χ3v) is 2.94. The minimum Gasteiger partial charge on any atom is -0.367 e. The zero-order valence-electron chi connectivity index (χ0n) is 8.38. The zero-order chi connectivity index (χ0) is 10.0. The molecule has 1 N–H and O–H groups in total.